The van der Waals surface area contributed by atoms with Crippen molar-refractivity contribution in [2.45, 2.75) is 96.6 Å². The van der Waals surface area contributed by atoms with E-state index in [1.54, 1.807) is 45.0 Å². The van der Waals surface area contributed by atoms with Crippen molar-refractivity contribution < 1.29 is 33.8 Å². The molecule has 3 fully saturated rings. The van der Waals surface area contributed by atoms with Gasteiger partial charge in [0.15, 0.2) is 5.82 Å². The third-order valence-corrected chi connectivity index (χ3v) is 10.6. The topological polar surface area (TPSA) is 160 Å². The molecule has 1 aliphatic heterocycles. The third-order valence-electron chi connectivity index (χ3n) is 10.6. The van der Waals surface area contributed by atoms with Gasteiger partial charge in [-0.05, 0) is 93.7 Å². The zero-order valence-corrected chi connectivity index (χ0v) is 32.2. The fraction of sp³-hybridized carbons (Fsp3) is 0.442. The molecule has 2 saturated carbocycles. The zero-order chi connectivity index (χ0) is 39.3. The number of likely N-dealkylation sites (tertiary alicyclic amines) is 1. The number of carboxylic acid groups (broad SMARTS) is 1. The average Bonchev–Trinajstić information content (AvgIpc) is 4.06. The Bertz CT molecular complexity index is 2110. The Kier molecular flexibility index (Phi) is 9.81. The summed E-state index contributed by atoms with van der Waals surface area (Å²) in [6, 6.07) is 22.0. The Morgan fingerprint density at radius 3 is 2.20 bits per heavy atom. The quantitative estimate of drug-likeness (QED) is 0.145. The molecule has 55 heavy (non-hydrogen) atoms. The SMILES string of the molecule is CC(C)(C)OC(=O)c1ccc(N[C@H](C(=O)N2C[C@H](Oc3nc(-c4ccccc4)nc4ccccc34)C[C@H]2C(=O)NC2(C(=O)O)C[C@@H]2C2CC2)C(C)(C)C)cc1. The van der Waals surface area contributed by atoms with Crippen LogP contribution in [0.25, 0.3) is 22.3 Å². The van der Waals surface area contributed by atoms with Crippen LogP contribution in [0.5, 0.6) is 5.88 Å². The minimum Gasteiger partial charge on any atom is -0.479 e. The van der Waals surface area contributed by atoms with Gasteiger partial charge >= 0.3 is 11.9 Å². The molecule has 1 aromatic heterocycles. The number of carbonyl (C=O) groups excluding carboxylic acids is 3. The summed E-state index contributed by atoms with van der Waals surface area (Å²) < 4.78 is 12.1. The first-order chi connectivity index (χ1) is 26.0. The molecule has 3 N–H and O–H groups in total. The summed E-state index contributed by atoms with van der Waals surface area (Å²) in [6.07, 6.45) is 1.76. The van der Waals surface area contributed by atoms with Gasteiger partial charge in [-0.1, -0.05) is 63.2 Å². The van der Waals surface area contributed by atoms with Crippen LogP contribution in [0.3, 0.4) is 0 Å². The van der Waals surface area contributed by atoms with Crippen molar-refractivity contribution in [1.82, 2.24) is 20.2 Å². The van der Waals surface area contributed by atoms with Crippen LogP contribution in [0, 0.1) is 17.3 Å². The highest BCUT2D eigenvalue weighted by Crippen LogP contribution is 2.57. The van der Waals surface area contributed by atoms with E-state index in [-0.39, 0.29) is 30.7 Å². The second-order valence-corrected chi connectivity index (χ2v) is 17.2. The molecule has 7 rings (SSSR count). The van der Waals surface area contributed by atoms with E-state index in [0.717, 1.165) is 18.4 Å². The molecule has 2 heterocycles. The summed E-state index contributed by atoms with van der Waals surface area (Å²) >= 11 is 0. The van der Waals surface area contributed by atoms with E-state index >= 15 is 0 Å². The molecule has 3 aliphatic rings. The summed E-state index contributed by atoms with van der Waals surface area (Å²) in [4.78, 5) is 65.4. The van der Waals surface area contributed by atoms with Crippen molar-refractivity contribution in [3.63, 3.8) is 0 Å². The molecule has 0 bridgehead atoms. The third kappa shape index (κ3) is 8.13. The van der Waals surface area contributed by atoms with E-state index in [1.807, 2.05) is 75.4 Å². The fourth-order valence-electron chi connectivity index (χ4n) is 7.51. The molecule has 0 radical (unpaired) electrons. The Morgan fingerprint density at radius 1 is 0.891 bits per heavy atom. The zero-order valence-electron chi connectivity index (χ0n) is 32.2. The highest BCUT2D eigenvalue weighted by molar-refractivity contribution is 5.96. The number of hydrogen-bond acceptors (Lipinski definition) is 9. The number of benzene rings is 3. The number of anilines is 1. The largest absolute Gasteiger partial charge is 0.479 e. The minimum atomic E-state index is -1.34. The van der Waals surface area contributed by atoms with Crippen molar-refractivity contribution in [2.75, 3.05) is 11.9 Å². The van der Waals surface area contributed by atoms with Crippen LogP contribution >= 0.6 is 0 Å². The molecule has 3 aromatic carbocycles. The highest BCUT2D eigenvalue weighted by atomic mass is 16.6. The van der Waals surface area contributed by atoms with Gasteiger partial charge in [-0.15, -0.1) is 0 Å². The molecule has 1 unspecified atom stereocenters. The minimum absolute atomic E-state index is 0.0634. The van der Waals surface area contributed by atoms with Gasteiger partial charge in [0.1, 0.15) is 29.3 Å². The van der Waals surface area contributed by atoms with Crippen molar-refractivity contribution in [1.29, 1.82) is 0 Å². The predicted molar refractivity (Wildman–Crippen MR) is 207 cm³/mol. The van der Waals surface area contributed by atoms with Gasteiger partial charge in [-0.2, -0.15) is 4.98 Å². The smallest absolute Gasteiger partial charge is 0.338 e. The molecule has 2 aliphatic carbocycles. The number of carboxylic acids is 1. The fourth-order valence-corrected chi connectivity index (χ4v) is 7.51. The van der Waals surface area contributed by atoms with Crippen LogP contribution < -0.4 is 15.4 Å². The van der Waals surface area contributed by atoms with Crippen molar-refractivity contribution >= 4 is 40.3 Å². The number of nitrogens with zero attached hydrogens (tertiary/aromatic N) is 3. The summed E-state index contributed by atoms with van der Waals surface area (Å²) in [5.41, 5.74) is -0.147. The Labute approximate surface area is 321 Å². The molecule has 12 heteroatoms. The first-order valence-corrected chi connectivity index (χ1v) is 19.0. The molecule has 2 amide bonds. The first kappa shape index (κ1) is 37.8. The van der Waals surface area contributed by atoms with Crippen LogP contribution in [-0.4, -0.2) is 79.6 Å². The first-order valence-electron chi connectivity index (χ1n) is 19.0. The van der Waals surface area contributed by atoms with E-state index in [1.165, 1.54) is 4.90 Å². The summed E-state index contributed by atoms with van der Waals surface area (Å²) in [6.45, 7) is 11.3. The Balaban J connectivity index is 1.18. The number of para-hydroxylation sites is 1. The van der Waals surface area contributed by atoms with Gasteiger partial charge < -0.3 is 30.1 Å². The highest BCUT2D eigenvalue weighted by Gasteiger charge is 2.66. The van der Waals surface area contributed by atoms with Crippen LogP contribution in [-0.2, 0) is 19.1 Å². The van der Waals surface area contributed by atoms with Crippen molar-refractivity contribution in [3.05, 3.63) is 84.4 Å². The maximum Gasteiger partial charge on any atom is 0.338 e. The van der Waals surface area contributed by atoms with Crippen LogP contribution in [0.4, 0.5) is 5.69 Å². The molecular formula is C43H49N5O7. The van der Waals surface area contributed by atoms with Gasteiger partial charge in [0.2, 0.25) is 17.7 Å². The standard InChI is InChI=1S/C43H49N5O7/c1-41(2,3)34(44-28-20-18-27(19-21-28)39(51)55-42(4,5)6)38(50)48-24-29(22-33(48)36(49)47-43(40(52)53)23-31(43)25-16-17-25)54-37-30-14-10-11-15-32(30)45-35(46-37)26-12-8-7-9-13-26/h7-15,18-21,25,29,31,33-34,44H,16-17,22-24H2,1-6H3,(H,47,49)(H,52,53)/t29-,31-,33+,34-,43?/m1/s1. The lowest BCUT2D eigenvalue weighted by Gasteiger charge is -2.36. The number of nitrogens with one attached hydrogen (secondary N) is 2. The van der Waals surface area contributed by atoms with Gasteiger partial charge in [-0.3, -0.25) is 9.59 Å². The molecule has 288 valence electrons. The normalized spacial score (nSPS) is 22.8. The summed E-state index contributed by atoms with van der Waals surface area (Å²) in [5.74, 6) is -1.39. The number of aromatic nitrogens is 2. The average molecular weight is 748 g/mol. The number of hydrogen-bond donors (Lipinski definition) is 3. The van der Waals surface area contributed by atoms with Crippen LogP contribution in [0.1, 0.15) is 77.6 Å². The van der Waals surface area contributed by atoms with E-state index in [2.05, 4.69) is 10.6 Å². The van der Waals surface area contributed by atoms with E-state index < -0.39 is 52.6 Å². The number of esters is 1. The van der Waals surface area contributed by atoms with E-state index in [4.69, 9.17) is 19.4 Å². The predicted octanol–water partition coefficient (Wildman–Crippen LogP) is 6.50. The Hall–Kier alpha value is -5.52. The Morgan fingerprint density at radius 2 is 1.56 bits per heavy atom. The number of fused-ring (bicyclic) bond motifs is 1. The lowest BCUT2D eigenvalue weighted by Crippen LogP contribution is -2.57. The number of carbonyl (C=O) groups is 4. The molecular weight excluding hydrogens is 699 g/mol. The molecule has 12 nitrogen and oxygen atoms in total. The lowest BCUT2D eigenvalue weighted by atomic mass is 9.85. The van der Waals surface area contributed by atoms with Gasteiger partial charge in [0.05, 0.1) is 23.0 Å². The summed E-state index contributed by atoms with van der Waals surface area (Å²) in [7, 11) is 0. The van der Waals surface area contributed by atoms with Gasteiger partial charge in [0, 0.05) is 17.7 Å². The lowest BCUT2D eigenvalue weighted by molar-refractivity contribution is -0.146. The monoisotopic (exact) mass is 747 g/mol. The van der Waals surface area contributed by atoms with Gasteiger partial charge in [-0.25, -0.2) is 14.6 Å². The number of ether oxygens (including phenoxy) is 2. The second kappa shape index (κ2) is 14.3. The van der Waals surface area contributed by atoms with Crippen molar-refractivity contribution in [3.8, 4) is 17.3 Å². The van der Waals surface area contributed by atoms with Crippen LogP contribution in [0.15, 0.2) is 78.9 Å². The second-order valence-electron chi connectivity index (χ2n) is 17.2. The number of amides is 2. The molecule has 1 saturated heterocycles. The summed E-state index contributed by atoms with van der Waals surface area (Å²) in [5, 5.41) is 17.2. The van der Waals surface area contributed by atoms with Crippen molar-refractivity contribution in [2.24, 2.45) is 17.3 Å². The molecule has 4 aromatic rings. The molecule has 0 spiro atoms. The molecule has 5 atom stereocenters. The van der Waals surface area contributed by atoms with Crippen LogP contribution in [0.2, 0.25) is 0 Å². The number of aliphatic carboxylic acids is 1. The maximum absolute atomic E-state index is 14.8. The van der Waals surface area contributed by atoms with E-state index in [9.17, 15) is 24.3 Å². The van der Waals surface area contributed by atoms with Gasteiger partial charge in [0.25, 0.3) is 0 Å². The van der Waals surface area contributed by atoms with E-state index in [0.29, 0.717) is 40.3 Å². The maximum atomic E-state index is 14.8. The number of rotatable bonds is 11.